The van der Waals surface area contributed by atoms with Crippen molar-refractivity contribution in [1.29, 1.82) is 0 Å². The number of methoxy groups -OCH3 is 1. The molecule has 0 aliphatic rings. The third-order valence-electron chi connectivity index (χ3n) is 1.78. The summed E-state index contributed by atoms with van der Waals surface area (Å²) in [5.41, 5.74) is 0.297. The molecule has 0 saturated carbocycles. The summed E-state index contributed by atoms with van der Waals surface area (Å²) in [4.78, 5) is 10.7. The normalized spacial score (nSPS) is 12.3. The third kappa shape index (κ3) is 2.94. The zero-order valence-corrected chi connectivity index (χ0v) is 12.0. The lowest BCUT2D eigenvalue weighted by Crippen LogP contribution is -2.13. The molecule has 82 valence electrons. The van der Waals surface area contributed by atoms with Crippen molar-refractivity contribution in [2.24, 2.45) is 0 Å². The van der Waals surface area contributed by atoms with Gasteiger partial charge in [0, 0.05) is 12.7 Å². The first-order valence-electron chi connectivity index (χ1n) is 3.91. The fourth-order valence-electron chi connectivity index (χ4n) is 1.12. The number of benzene rings is 1. The highest BCUT2D eigenvalue weighted by Gasteiger charge is 2.23. The SMILES string of the molecule is COc1cc(I)cc(I)c1C(O)C(=O)O. The minimum Gasteiger partial charge on any atom is -0.496 e. The minimum atomic E-state index is -1.55. The fourth-order valence-corrected chi connectivity index (χ4v) is 3.21. The van der Waals surface area contributed by atoms with E-state index in [-0.39, 0.29) is 0 Å². The number of aliphatic carboxylic acids is 1. The quantitative estimate of drug-likeness (QED) is 0.716. The van der Waals surface area contributed by atoms with Crippen LogP contribution in [0.4, 0.5) is 0 Å². The van der Waals surface area contributed by atoms with Gasteiger partial charge in [-0.15, -0.1) is 0 Å². The standard InChI is InChI=1S/C9H8I2O4/c1-15-6-3-4(10)2-5(11)7(6)8(12)9(13)14/h2-3,8,12H,1H3,(H,13,14). The summed E-state index contributed by atoms with van der Waals surface area (Å²) in [6.45, 7) is 0. The van der Waals surface area contributed by atoms with Gasteiger partial charge in [-0.3, -0.25) is 0 Å². The van der Waals surface area contributed by atoms with E-state index < -0.39 is 12.1 Å². The second-order valence-corrected chi connectivity index (χ2v) is 5.15. The zero-order valence-electron chi connectivity index (χ0n) is 7.70. The molecule has 0 fully saturated rings. The Kier molecular flexibility index (Phi) is 4.59. The number of hydrogen-bond donors (Lipinski definition) is 2. The van der Waals surface area contributed by atoms with Crippen LogP contribution in [-0.2, 0) is 4.79 Å². The number of aliphatic hydroxyl groups is 1. The Morgan fingerprint density at radius 2 is 2.07 bits per heavy atom. The number of carbonyl (C=O) groups is 1. The molecule has 1 atom stereocenters. The van der Waals surface area contributed by atoms with E-state index in [0.29, 0.717) is 14.9 Å². The highest BCUT2D eigenvalue weighted by molar-refractivity contribution is 14.1. The maximum Gasteiger partial charge on any atom is 0.337 e. The van der Waals surface area contributed by atoms with Crippen LogP contribution in [0, 0.1) is 7.14 Å². The largest absolute Gasteiger partial charge is 0.496 e. The molecule has 1 aromatic carbocycles. The molecule has 6 heteroatoms. The van der Waals surface area contributed by atoms with Crippen molar-refractivity contribution in [3.8, 4) is 5.75 Å². The van der Waals surface area contributed by atoms with Crippen molar-refractivity contribution in [1.82, 2.24) is 0 Å². The molecule has 0 aromatic heterocycles. The minimum absolute atomic E-state index is 0.297. The van der Waals surface area contributed by atoms with E-state index in [2.05, 4.69) is 22.6 Å². The molecule has 0 amide bonds. The first-order valence-corrected chi connectivity index (χ1v) is 6.07. The summed E-state index contributed by atoms with van der Waals surface area (Å²) >= 11 is 4.07. The highest BCUT2D eigenvalue weighted by Crippen LogP contribution is 2.32. The van der Waals surface area contributed by atoms with Crippen molar-refractivity contribution in [3.05, 3.63) is 24.8 Å². The van der Waals surface area contributed by atoms with E-state index in [0.717, 1.165) is 3.57 Å². The van der Waals surface area contributed by atoms with Gasteiger partial charge in [-0.1, -0.05) is 0 Å². The summed E-state index contributed by atoms with van der Waals surface area (Å²) in [6, 6.07) is 3.47. The molecular formula is C9H8I2O4. The lowest BCUT2D eigenvalue weighted by Gasteiger charge is -2.13. The number of carboxylic acid groups (broad SMARTS) is 1. The maximum atomic E-state index is 10.7. The molecule has 1 aromatic rings. The maximum absolute atomic E-state index is 10.7. The Labute approximate surface area is 114 Å². The van der Waals surface area contributed by atoms with Crippen LogP contribution in [0.25, 0.3) is 0 Å². The topological polar surface area (TPSA) is 66.8 Å². The van der Waals surface area contributed by atoms with Gasteiger partial charge in [-0.05, 0) is 57.3 Å². The number of ether oxygens (including phenoxy) is 1. The van der Waals surface area contributed by atoms with Crippen molar-refractivity contribution >= 4 is 51.2 Å². The molecule has 2 N–H and O–H groups in total. The smallest absolute Gasteiger partial charge is 0.337 e. The van der Waals surface area contributed by atoms with Gasteiger partial charge in [-0.2, -0.15) is 0 Å². The van der Waals surface area contributed by atoms with Crippen LogP contribution in [0.5, 0.6) is 5.75 Å². The number of halogens is 2. The fraction of sp³-hybridized carbons (Fsp3) is 0.222. The van der Waals surface area contributed by atoms with Crippen LogP contribution in [0.3, 0.4) is 0 Å². The Morgan fingerprint density at radius 3 is 2.53 bits per heavy atom. The molecule has 0 spiro atoms. The predicted octanol–water partition coefficient (Wildman–Crippen LogP) is 2.02. The molecule has 15 heavy (non-hydrogen) atoms. The van der Waals surface area contributed by atoms with Gasteiger partial charge in [0.2, 0.25) is 0 Å². The molecule has 0 radical (unpaired) electrons. The number of carboxylic acids is 1. The molecular weight excluding hydrogens is 426 g/mol. The first-order chi connectivity index (χ1) is 6.97. The average Bonchev–Trinajstić information content (AvgIpc) is 2.15. The van der Waals surface area contributed by atoms with Gasteiger partial charge in [0.25, 0.3) is 0 Å². The molecule has 1 unspecified atom stereocenters. The number of aliphatic hydroxyl groups excluding tert-OH is 1. The van der Waals surface area contributed by atoms with Crippen molar-refractivity contribution < 1.29 is 19.7 Å². The lowest BCUT2D eigenvalue weighted by atomic mass is 10.1. The third-order valence-corrected chi connectivity index (χ3v) is 3.30. The molecule has 0 bridgehead atoms. The van der Waals surface area contributed by atoms with Gasteiger partial charge >= 0.3 is 5.97 Å². The monoisotopic (exact) mass is 434 g/mol. The number of hydrogen-bond acceptors (Lipinski definition) is 3. The van der Waals surface area contributed by atoms with E-state index >= 15 is 0 Å². The Hall–Kier alpha value is -0.0900. The van der Waals surface area contributed by atoms with Crippen molar-refractivity contribution in [2.45, 2.75) is 6.10 Å². The molecule has 0 heterocycles. The summed E-state index contributed by atoms with van der Waals surface area (Å²) in [6.07, 6.45) is -1.55. The van der Waals surface area contributed by atoms with Crippen LogP contribution >= 0.6 is 45.2 Å². The second-order valence-electron chi connectivity index (χ2n) is 2.74. The first kappa shape index (κ1) is 13.0. The molecule has 1 rings (SSSR count). The van der Waals surface area contributed by atoms with Crippen LogP contribution in [0.15, 0.2) is 12.1 Å². The Morgan fingerprint density at radius 1 is 1.47 bits per heavy atom. The van der Waals surface area contributed by atoms with Crippen molar-refractivity contribution in [3.63, 3.8) is 0 Å². The molecule has 0 aliphatic heterocycles. The van der Waals surface area contributed by atoms with Gasteiger partial charge in [0.05, 0.1) is 7.11 Å². The van der Waals surface area contributed by atoms with Gasteiger partial charge in [0.15, 0.2) is 6.10 Å². The molecule has 4 nitrogen and oxygen atoms in total. The van der Waals surface area contributed by atoms with Crippen LogP contribution in [0.2, 0.25) is 0 Å². The Balaban J connectivity index is 3.32. The van der Waals surface area contributed by atoms with E-state index in [1.54, 1.807) is 12.1 Å². The van der Waals surface area contributed by atoms with Gasteiger partial charge < -0.3 is 14.9 Å². The van der Waals surface area contributed by atoms with Crippen LogP contribution < -0.4 is 4.74 Å². The predicted molar refractivity (Wildman–Crippen MR) is 71.0 cm³/mol. The van der Waals surface area contributed by atoms with Gasteiger partial charge in [0.1, 0.15) is 5.75 Å². The van der Waals surface area contributed by atoms with E-state index in [1.807, 2.05) is 22.6 Å². The highest BCUT2D eigenvalue weighted by atomic mass is 127. The zero-order chi connectivity index (χ0) is 11.6. The van der Waals surface area contributed by atoms with E-state index in [4.69, 9.17) is 9.84 Å². The summed E-state index contributed by atoms with van der Waals surface area (Å²) < 4.78 is 6.64. The van der Waals surface area contributed by atoms with Crippen LogP contribution in [-0.4, -0.2) is 23.3 Å². The summed E-state index contributed by atoms with van der Waals surface area (Å²) in [5.74, 6) is -0.895. The van der Waals surface area contributed by atoms with E-state index in [9.17, 15) is 9.90 Å². The summed E-state index contributed by atoms with van der Waals surface area (Å²) in [7, 11) is 1.44. The Bertz CT molecular complexity index is 392. The molecule has 0 saturated heterocycles. The number of rotatable bonds is 3. The van der Waals surface area contributed by atoms with Gasteiger partial charge in [-0.25, -0.2) is 4.79 Å². The van der Waals surface area contributed by atoms with Crippen LogP contribution in [0.1, 0.15) is 11.7 Å². The van der Waals surface area contributed by atoms with Crippen molar-refractivity contribution in [2.75, 3.05) is 7.11 Å². The average molecular weight is 434 g/mol. The molecule has 0 aliphatic carbocycles. The lowest BCUT2D eigenvalue weighted by molar-refractivity contribution is -0.147. The van der Waals surface area contributed by atoms with E-state index in [1.165, 1.54) is 7.11 Å². The summed E-state index contributed by atoms with van der Waals surface area (Å²) in [5, 5.41) is 18.2. The second kappa shape index (κ2) is 5.30.